The molecule has 1 fully saturated rings. The van der Waals surface area contributed by atoms with E-state index in [-0.39, 0.29) is 0 Å². The third kappa shape index (κ3) is 3.49. The van der Waals surface area contributed by atoms with Gasteiger partial charge >= 0.3 is 0 Å². The van der Waals surface area contributed by atoms with E-state index in [4.69, 9.17) is 0 Å². The highest BCUT2D eigenvalue weighted by molar-refractivity contribution is 5.36. The highest BCUT2D eigenvalue weighted by atomic mass is 19.2. The lowest BCUT2D eigenvalue weighted by molar-refractivity contribution is 0.348. The number of rotatable bonds is 2. The molecule has 2 aromatic carbocycles. The predicted molar refractivity (Wildman–Crippen MR) is 97.9 cm³/mol. The van der Waals surface area contributed by atoms with Crippen LogP contribution in [0.15, 0.2) is 36.4 Å². The van der Waals surface area contributed by atoms with Crippen molar-refractivity contribution in [1.29, 1.82) is 0 Å². The lowest BCUT2D eigenvalue weighted by Gasteiger charge is -2.28. The first-order valence-corrected chi connectivity index (χ1v) is 9.67. The van der Waals surface area contributed by atoms with Gasteiger partial charge in [-0.2, -0.15) is 0 Å². The third-order valence-electron chi connectivity index (χ3n) is 6.37. The fourth-order valence-electron chi connectivity index (χ4n) is 4.67. The summed E-state index contributed by atoms with van der Waals surface area (Å²) in [6.07, 6.45) is 7.96. The van der Waals surface area contributed by atoms with Crippen molar-refractivity contribution in [1.82, 2.24) is 0 Å². The summed E-state index contributed by atoms with van der Waals surface area (Å²) in [5.41, 5.74) is 4.76. The predicted octanol–water partition coefficient (Wildman–Crippen LogP) is 6.53. The summed E-state index contributed by atoms with van der Waals surface area (Å²) in [6, 6.07) is 11.9. The minimum Gasteiger partial charge on any atom is -0.204 e. The first-order valence-electron chi connectivity index (χ1n) is 9.67. The molecule has 1 atom stereocenters. The number of hydrogen-bond acceptors (Lipinski definition) is 0. The SMILES string of the molecule is CC1CCC(c2ccc(C3CCc4cc(F)c(F)cc4C3)cc2)CC1. The van der Waals surface area contributed by atoms with Gasteiger partial charge in [0.2, 0.25) is 0 Å². The second-order valence-electron chi connectivity index (χ2n) is 8.10. The Bertz CT molecular complexity index is 739. The van der Waals surface area contributed by atoms with Crippen molar-refractivity contribution in [3.63, 3.8) is 0 Å². The van der Waals surface area contributed by atoms with Gasteiger partial charge in [-0.05, 0) is 84.2 Å². The summed E-state index contributed by atoms with van der Waals surface area (Å²) < 4.78 is 26.9. The summed E-state index contributed by atoms with van der Waals surface area (Å²) in [5.74, 6) is 0.569. The minimum absolute atomic E-state index is 0.415. The average molecular weight is 340 g/mol. The molecule has 0 bridgehead atoms. The highest BCUT2D eigenvalue weighted by Crippen LogP contribution is 2.37. The Morgan fingerprint density at radius 1 is 0.720 bits per heavy atom. The number of halogens is 2. The third-order valence-corrected chi connectivity index (χ3v) is 6.37. The molecule has 0 amide bonds. The minimum atomic E-state index is -0.721. The van der Waals surface area contributed by atoms with Gasteiger partial charge in [-0.15, -0.1) is 0 Å². The van der Waals surface area contributed by atoms with E-state index < -0.39 is 11.6 Å². The van der Waals surface area contributed by atoms with Crippen molar-refractivity contribution in [2.45, 2.75) is 63.7 Å². The quantitative estimate of drug-likeness (QED) is 0.583. The molecule has 0 radical (unpaired) electrons. The van der Waals surface area contributed by atoms with Crippen LogP contribution >= 0.6 is 0 Å². The topological polar surface area (TPSA) is 0 Å². The molecule has 0 aliphatic heterocycles. The van der Waals surface area contributed by atoms with Crippen LogP contribution in [-0.2, 0) is 12.8 Å². The van der Waals surface area contributed by atoms with Crippen LogP contribution < -0.4 is 0 Å². The summed E-state index contributed by atoms with van der Waals surface area (Å²) in [5, 5.41) is 0. The molecular formula is C23H26F2. The molecule has 0 aromatic heterocycles. The fourth-order valence-corrected chi connectivity index (χ4v) is 4.67. The molecule has 0 nitrogen and oxygen atoms in total. The van der Waals surface area contributed by atoms with Gasteiger partial charge in [0, 0.05) is 0 Å². The molecule has 0 N–H and O–H groups in total. The van der Waals surface area contributed by atoms with Crippen molar-refractivity contribution in [2.75, 3.05) is 0 Å². The number of fused-ring (bicyclic) bond motifs is 1. The van der Waals surface area contributed by atoms with Gasteiger partial charge in [0.1, 0.15) is 0 Å². The van der Waals surface area contributed by atoms with Crippen LogP contribution in [0.5, 0.6) is 0 Å². The Morgan fingerprint density at radius 2 is 1.28 bits per heavy atom. The smallest absolute Gasteiger partial charge is 0.159 e. The first kappa shape index (κ1) is 16.8. The molecule has 132 valence electrons. The lowest BCUT2D eigenvalue weighted by atomic mass is 9.77. The van der Waals surface area contributed by atoms with Crippen molar-refractivity contribution in [3.8, 4) is 0 Å². The van der Waals surface area contributed by atoms with E-state index in [9.17, 15) is 8.78 Å². The monoisotopic (exact) mass is 340 g/mol. The summed E-state index contributed by atoms with van der Waals surface area (Å²) in [4.78, 5) is 0. The zero-order valence-corrected chi connectivity index (χ0v) is 14.9. The molecule has 2 aliphatic carbocycles. The molecule has 1 unspecified atom stereocenters. The Hall–Kier alpha value is -1.70. The highest BCUT2D eigenvalue weighted by Gasteiger charge is 2.23. The standard InChI is InChI=1S/C23H26F2/c1-15-2-4-16(5-3-15)17-6-8-18(9-7-17)19-10-11-20-13-22(24)23(25)14-21(20)12-19/h6-9,13-16,19H,2-5,10-12H2,1H3. The summed E-state index contributed by atoms with van der Waals surface area (Å²) in [7, 11) is 0. The van der Waals surface area contributed by atoms with Gasteiger partial charge in [0.05, 0.1) is 0 Å². The van der Waals surface area contributed by atoms with Crippen LogP contribution in [0, 0.1) is 17.6 Å². The maximum absolute atomic E-state index is 13.5. The van der Waals surface area contributed by atoms with Gasteiger partial charge in [-0.25, -0.2) is 8.78 Å². The molecular weight excluding hydrogens is 314 g/mol. The van der Waals surface area contributed by atoms with Gasteiger partial charge in [0.15, 0.2) is 11.6 Å². The van der Waals surface area contributed by atoms with Crippen molar-refractivity contribution >= 4 is 0 Å². The van der Waals surface area contributed by atoms with Gasteiger partial charge in [0.25, 0.3) is 0 Å². The number of benzene rings is 2. The summed E-state index contributed by atoms with van der Waals surface area (Å²) in [6.45, 7) is 2.36. The average Bonchev–Trinajstić information content (AvgIpc) is 2.63. The zero-order chi connectivity index (χ0) is 17.4. The van der Waals surface area contributed by atoms with Gasteiger partial charge in [-0.3, -0.25) is 0 Å². The van der Waals surface area contributed by atoms with Crippen molar-refractivity contribution in [2.24, 2.45) is 5.92 Å². The molecule has 2 aliphatic rings. The molecule has 2 heteroatoms. The van der Waals surface area contributed by atoms with E-state index in [0.29, 0.717) is 5.92 Å². The van der Waals surface area contributed by atoms with Crippen LogP contribution in [-0.4, -0.2) is 0 Å². The fraction of sp³-hybridized carbons (Fsp3) is 0.478. The first-order chi connectivity index (χ1) is 12.1. The largest absolute Gasteiger partial charge is 0.204 e. The Balaban J connectivity index is 1.48. The van der Waals surface area contributed by atoms with E-state index in [1.54, 1.807) is 0 Å². The maximum Gasteiger partial charge on any atom is 0.159 e. The molecule has 1 saturated carbocycles. The Labute approximate surface area is 149 Å². The van der Waals surface area contributed by atoms with Crippen LogP contribution in [0.2, 0.25) is 0 Å². The zero-order valence-electron chi connectivity index (χ0n) is 14.9. The number of hydrogen-bond donors (Lipinski definition) is 0. The maximum atomic E-state index is 13.5. The second kappa shape index (κ2) is 6.90. The van der Waals surface area contributed by atoms with E-state index in [1.165, 1.54) is 48.9 Å². The van der Waals surface area contributed by atoms with Crippen LogP contribution in [0.4, 0.5) is 8.78 Å². The Kier molecular flexibility index (Phi) is 4.62. The second-order valence-corrected chi connectivity index (χ2v) is 8.10. The number of aryl methyl sites for hydroxylation is 1. The van der Waals surface area contributed by atoms with Crippen molar-refractivity contribution < 1.29 is 8.78 Å². The van der Waals surface area contributed by atoms with Crippen molar-refractivity contribution in [3.05, 3.63) is 70.3 Å². The lowest BCUT2D eigenvalue weighted by Crippen LogP contribution is -2.14. The Morgan fingerprint density at radius 3 is 1.92 bits per heavy atom. The molecule has 0 saturated heterocycles. The van der Waals surface area contributed by atoms with Crippen LogP contribution in [0.1, 0.15) is 73.1 Å². The van der Waals surface area contributed by atoms with Crippen LogP contribution in [0.25, 0.3) is 0 Å². The molecule has 25 heavy (non-hydrogen) atoms. The van der Waals surface area contributed by atoms with E-state index in [1.807, 2.05) is 0 Å². The summed E-state index contributed by atoms with van der Waals surface area (Å²) >= 11 is 0. The van der Waals surface area contributed by atoms with E-state index >= 15 is 0 Å². The van der Waals surface area contributed by atoms with Gasteiger partial charge < -0.3 is 0 Å². The molecule has 2 aromatic rings. The van der Waals surface area contributed by atoms with E-state index in [2.05, 4.69) is 31.2 Å². The molecule has 0 heterocycles. The van der Waals surface area contributed by atoms with Gasteiger partial charge in [-0.1, -0.05) is 44.0 Å². The van der Waals surface area contributed by atoms with Crippen LogP contribution in [0.3, 0.4) is 0 Å². The molecule has 4 rings (SSSR count). The normalized spacial score (nSPS) is 26.3. The van der Waals surface area contributed by atoms with E-state index in [0.717, 1.165) is 42.2 Å². The molecule has 0 spiro atoms.